The van der Waals surface area contributed by atoms with Gasteiger partial charge in [0.05, 0.1) is 11.7 Å². The number of ether oxygens (including phenoxy) is 1. The summed E-state index contributed by atoms with van der Waals surface area (Å²) >= 11 is 3.38. The van der Waals surface area contributed by atoms with E-state index in [1.165, 1.54) is 0 Å². The molecule has 1 aromatic carbocycles. The Bertz CT molecular complexity index is 427. The van der Waals surface area contributed by atoms with Gasteiger partial charge in [-0.3, -0.25) is 4.79 Å². The second-order valence-corrected chi connectivity index (χ2v) is 5.47. The van der Waals surface area contributed by atoms with Gasteiger partial charge < -0.3 is 10.1 Å². The van der Waals surface area contributed by atoms with Crippen molar-refractivity contribution in [3.8, 4) is 5.75 Å². The molecule has 17 heavy (non-hydrogen) atoms. The monoisotopic (exact) mass is 297 g/mol. The third-order valence-electron chi connectivity index (χ3n) is 2.46. The third kappa shape index (κ3) is 3.46. The first-order valence-electron chi connectivity index (χ1n) is 5.83. The molecule has 2 rings (SSSR count). The Hall–Kier alpha value is -1.03. The van der Waals surface area contributed by atoms with Gasteiger partial charge in [0.25, 0.3) is 5.91 Å². The Morgan fingerprint density at radius 2 is 2.18 bits per heavy atom. The summed E-state index contributed by atoms with van der Waals surface area (Å²) in [4.78, 5) is 12.0. The molecule has 3 nitrogen and oxygen atoms in total. The highest BCUT2D eigenvalue weighted by Gasteiger charge is 2.25. The number of halogens is 1. The van der Waals surface area contributed by atoms with Gasteiger partial charge in [0, 0.05) is 10.5 Å². The van der Waals surface area contributed by atoms with Crippen LogP contribution in [0.25, 0.3) is 0 Å². The van der Waals surface area contributed by atoms with Gasteiger partial charge in [-0.05, 0) is 44.9 Å². The molecule has 0 aliphatic heterocycles. The summed E-state index contributed by atoms with van der Waals surface area (Å²) in [5.74, 6) is 0.589. The lowest BCUT2D eigenvalue weighted by Crippen LogP contribution is -2.26. The molecule has 4 heteroatoms. The molecule has 1 fully saturated rings. The highest BCUT2D eigenvalue weighted by atomic mass is 79.9. The van der Waals surface area contributed by atoms with Crippen LogP contribution in [0.3, 0.4) is 0 Å². The van der Waals surface area contributed by atoms with Crippen molar-refractivity contribution in [1.82, 2.24) is 5.32 Å². The van der Waals surface area contributed by atoms with E-state index in [2.05, 4.69) is 21.2 Å². The summed E-state index contributed by atoms with van der Waals surface area (Å²) in [6.07, 6.45) is 2.23. The quantitative estimate of drug-likeness (QED) is 0.927. The Morgan fingerprint density at radius 3 is 2.76 bits per heavy atom. The topological polar surface area (TPSA) is 38.3 Å². The zero-order valence-electron chi connectivity index (χ0n) is 10.00. The van der Waals surface area contributed by atoms with Crippen molar-refractivity contribution in [3.05, 3.63) is 28.2 Å². The maximum absolute atomic E-state index is 12.0. The molecule has 0 saturated heterocycles. The van der Waals surface area contributed by atoms with Crippen molar-refractivity contribution in [2.45, 2.75) is 38.8 Å². The average Bonchev–Trinajstić information content (AvgIpc) is 3.03. The second kappa shape index (κ2) is 5.08. The summed E-state index contributed by atoms with van der Waals surface area (Å²) in [5.41, 5.74) is 0.597. The van der Waals surface area contributed by atoms with E-state index in [0.29, 0.717) is 17.4 Å². The first-order valence-corrected chi connectivity index (χ1v) is 6.62. The Morgan fingerprint density at radius 1 is 1.47 bits per heavy atom. The van der Waals surface area contributed by atoms with Crippen LogP contribution >= 0.6 is 15.9 Å². The minimum absolute atomic E-state index is 0.0514. The van der Waals surface area contributed by atoms with Crippen LogP contribution in [-0.2, 0) is 0 Å². The average molecular weight is 298 g/mol. The van der Waals surface area contributed by atoms with Crippen LogP contribution in [0.4, 0.5) is 0 Å². The van der Waals surface area contributed by atoms with Gasteiger partial charge in [-0.15, -0.1) is 0 Å². The van der Waals surface area contributed by atoms with Crippen LogP contribution in [0.5, 0.6) is 5.75 Å². The number of hydrogen-bond donors (Lipinski definition) is 1. The van der Waals surface area contributed by atoms with E-state index in [9.17, 15) is 4.79 Å². The molecular weight excluding hydrogens is 282 g/mol. The molecule has 0 radical (unpaired) electrons. The molecular formula is C13H16BrNO2. The van der Waals surface area contributed by atoms with Gasteiger partial charge in [-0.1, -0.05) is 15.9 Å². The smallest absolute Gasteiger partial charge is 0.255 e. The van der Waals surface area contributed by atoms with Crippen LogP contribution < -0.4 is 10.1 Å². The standard InChI is InChI=1S/C13H16BrNO2/c1-8(2)17-12-6-3-9(14)7-11(12)13(16)15-10-4-5-10/h3,6-8,10H,4-5H2,1-2H3,(H,15,16). The van der Waals surface area contributed by atoms with Crippen LogP contribution in [0, 0.1) is 0 Å². The van der Waals surface area contributed by atoms with Crippen molar-refractivity contribution >= 4 is 21.8 Å². The molecule has 0 bridgehead atoms. The zero-order valence-corrected chi connectivity index (χ0v) is 11.6. The van der Waals surface area contributed by atoms with Gasteiger partial charge in [-0.25, -0.2) is 0 Å². The number of carbonyl (C=O) groups excluding carboxylic acids is 1. The van der Waals surface area contributed by atoms with E-state index in [-0.39, 0.29) is 12.0 Å². The van der Waals surface area contributed by atoms with E-state index in [4.69, 9.17) is 4.74 Å². The van der Waals surface area contributed by atoms with Gasteiger partial charge >= 0.3 is 0 Å². The zero-order chi connectivity index (χ0) is 12.4. The summed E-state index contributed by atoms with van der Waals surface area (Å²) < 4.78 is 6.53. The minimum atomic E-state index is -0.0514. The van der Waals surface area contributed by atoms with Crippen molar-refractivity contribution in [2.24, 2.45) is 0 Å². The molecule has 0 aromatic heterocycles. The predicted molar refractivity (Wildman–Crippen MR) is 70.4 cm³/mol. The molecule has 1 aliphatic carbocycles. The molecule has 1 saturated carbocycles. The highest BCUT2D eigenvalue weighted by molar-refractivity contribution is 9.10. The van der Waals surface area contributed by atoms with Crippen LogP contribution in [-0.4, -0.2) is 18.1 Å². The van der Waals surface area contributed by atoms with Crippen LogP contribution in [0.15, 0.2) is 22.7 Å². The number of hydrogen-bond acceptors (Lipinski definition) is 2. The first kappa shape index (κ1) is 12.4. The summed E-state index contributed by atoms with van der Waals surface area (Å²) in [6.45, 7) is 3.90. The normalized spacial score (nSPS) is 14.8. The van der Waals surface area contributed by atoms with Gasteiger partial charge in [0.1, 0.15) is 5.75 Å². The fourth-order valence-corrected chi connectivity index (χ4v) is 1.89. The van der Waals surface area contributed by atoms with Crippen molar-refractivity contribution < 1.29 is 9.53 Å². The molecule has 1 N–H and O–H groups in total. The molecule has 0 unspecified atom stereocenters. The number of rotatable bonds is 4. The van der Waals surface area contributed by atoms with Crippen LogP contribution in [0.1, 0.15) is 37.0 Å². The number of nitrogens with one attached hydrogen (secondary N) is 1. The van der Waals surface area contributed by atoms with Crippen molar-refractivity contribution in [3.63, 3.8) is 0 Å². The highest BCUT2D eigenvalue weighted by Crippen LogP contribution is 2.26. The SMILES string of the molecule is CC(C)Oc1ccc(Br)cc1C(=O)NC1CC1. The first-order chi connectivity index (χ1) is 8.06. The maximum Gasteiger partial charge on any atom is 0.255 e. The van der Waals surface area contributed by atoms with Gasteiger partial charge in [-0.2, -0.15) is 0 Å². The van der Waals surface area contributed by atoms with E-state index in [1.807, 2.05) is 26.0 Å². The largest absolute Gasteiger partial charge is 0.490 e. The number of benzene rings is 1. The van der Waals surface area contributed by atoms with Gasteiger partial charge in [0.2, 0.25) is 0 Å². The Balaban J connectivity index is 2.21. The predicted octanol–water partition coefficient (Wildman–Crippen LogP) is 3.13. The lowest BCUT2D eigenvalue weighted by molar-refractivity contribution is 0.0945. The maximum atomic E-state index is 12.0. The molecule has 1 amide bonds. The van der Waals surface area contributed by atoms with E-state index >= 15 is 0 Å². The minimum Gasteiger partial charge on any atom is -0.490 e. The summed E-state index contributed by atoms with van der Waals surface area (Å²) in [5, 5.41) is 2.97. The van der Waals surface area contributed by atoms with Crippen molar-refractivity contribution in [1.29, 1.82) is 0 Å². The lowest BCUT2D eigenvalue weighted by atomic mass is 10.2. The number of carbonyl (C=O) groups is 1. The molecule has 1 aromatic rings. The lowest BCUT2D eigenvalue weighted by Gasteiger charge is -2.14. The third-order valence-corrected chi connectivity index (χ3v) is 2.95. The fraction of sp³-hybridized carbons (Fsp3) is 0.462. The Labute approximate surface area is 110 Å². The Kier molecular flexibility index (Phi) is 3.72. The molecule has 0 spiro atoms. The van der Waals surface area contributed by atoms with E-state index in [0.717, 1.165) is 17.3 Å². The summed E-state index contributed by atoms with van der Waals surface area (Å²) in [6, 6.07) is 5.86. The fourth-order valence-electron chi connectivity index (χ4n) is 1.53. The van der Waals surface area contributed by atoms with E-state index < -0.39 is 0 Å². The summed E-state index contributed by atoms with van der Waals surface area (Å²) in [7, 11) is 0. The molecule has 0 heterocycles. The molecule has 0 atom stereocenters. The van der Waals surface area contributed by atoms with E-state index in [1.54, 1.807) is 6.07 Å². The van der Waals surface area contributed by atoms with Crippen molar-refractivity contribution in [2.75, 3.05) is 0 Å². The molecule has 92 valence electrons. The van der Waals surface area contributed by atoms with Gasteiger partial charge in [0.15, 0.2) is 0 Å². The second-order valence-electron chi connectivity index (χ2n) is 4.55. The number of amides is 1. The molecule has 1 aliphatic rings. The van der Waals surface area contributed by atoms with Crippen LogP contribution in [0.2, 0.25) is 0 Å².